The van der Waals surface area contributed by atoms with Gasteiger partial charge in [-0.3, -0.25) is 0 Å². The molecule has 0 aliphatic carbocycles. The van der Waals surface area contributed by atoms with Gasteiger partial charge >= 0.3 is 5.97 Å². The van der Waals surface area contributed by atoms with Gasteiger partial charge in [-0.25, -0.2) is 9.78 Å². The second-order valence-corrected chi connectivity index (χ2v) is 6.05. The number of halogens is 1. The second kappa shape index (κ2) is 7.46. The highest BCUT2D eigenvalue weighted by molar-refractivity contribution is 7.09. The molecule has 3 rings (SSSR count). The standard InChI is InChI=1S/C16H13ClN2O4S/c1-2-21-16(20)12-7-14(23-19-12)13-9-24-15(18-13)8-22-11-5-3-4-10(17)6-11/h3-7,9H,2,8H2,1H3. The summed E-state index contributed by atoms with van der Waals surface area (Å²) < 4.78 is 15.7. The molecule has 0 fully saturated rings. The topological polar surface area (TPSA) is 74.5 Å². The Morgan fingerprint density at radius 2 is 2.25 bits per heavy atom. The summed E-state index contributed by atoms with van der Waals surface area (Å²) in [6, 6.07) is 8.66. The molecule has 0 N–H and O–H groups in total. The van der Waals surface area contributed by atoms with Gasteiger partial charge in [0.1, 0.15) is 23.1 Å². The van der Waals surface area contributed by atoms with Gasteiger partial charge in [-0.05, 0) is 25.1 Å². The number of esters is 1. The van der Waals surface area contributed by atoms with Crippen LogP contribution in [0.25, 0.3) is 11.5 Å². The minimum atomic E-state index is -0.521. The average Bonchev–Trinajstić information content (AvgIpc) is 3.22. The molecular weight excluding hydrogens is 352 g/mol. The van der Waals surface area contributed by atoms with E-state index in [1.54, 1.807) is 19.1 Å². The summed E-state index contributed by atoms with van der Waals surface area (Å²) in [5.41, 5.74) is 0.712. The SMILES string of the molecule is CCOC(=O)c1cc(-c2csc(COc3cccc(Cl)c3)n2)on1. The van der Waals surface area contributed by atoms with E-state index in [-0.39, 0.29) is 12.3 Å². The van der Waals surface area contributed by atoms with Crippen molar-refractivity contribution in [2.45, 2.75) is 13.5 Å². The van der Waals surface area contributed by atoms with Gasteiger partial charge in [0.05, 0.1) is 6.61 Å². The van der Waals surface area contributed by atoms with E-state index in [0.29, 0.717) is 28.8 Å². The van der Waals surface area contributed by atoms with Crippen molar-refractivity contribution in [1.82, 2.24) is 10.1 Å². The Morgan fingerprint density at radius 1 is 1.38 bits per heavy atom. The Hall–Kier alpha value is -2.38. The van der Waals surface area contributed by atoms with Crippen molar-refractivity contribution in [3.8, 4) is 17.2 Å². The van der Waals surface area contributed by atoms with Crippen LogP contribution in [0.2, 0.25) is 5.02 Å². The molecule has 0 radical (unpaired) electrons. The molecule has 24 heavy (non-hydrogen) atoms. The summed E-state index contributed by atoms with van der Waals surface area (Å²) in [6.45, 7) is 2.32. The fourth-order valence-corrected chi connectivity index (χ4v) is 2.76. The number of nitrogens with zero attached hydrogens (tertiary/aromatic N) is 2. The summed E-state index contributed by atoms with van der Waals surface area (Å²) in [5.74, 6) is 0.555. The van der Waals surface area contributed by atoms with E-state index in [2.05, 4.69) is 10.1 Å². The van der Waals surface area contributed by atoms with Crippen LogP contribution in [0.3, 0.4) is 0 Å². The lowest BCUT2D eigenvalue weighted by Gasteiger charge is -2.03. The van der Waals surface area contributed by atoms with E-state index in [4.69, 9.17) is 25.6 Å². The maximum Gasteiger partial charge on any atom is 0.360 e. The summed E-state index contributed by atoms with van der Waals surface area (Å²) in [7, 11) is 0. The van der Waals surface area contributed by atoms with Gasteiger partial charge in [-0.15, -0.1) is 11.3 Å². The number of benzene rings is 1. The van der Waals surface area contributed by atoms with E-state index in [1.165, 1.54) is 17.4 Å². The van der Waals surface area contributed by atoms with E-state index in [9.17, 15) is 4.79 Å². The Morgan fingerprint density at radius 3 is 3.04 bits per heavy atom. The number of carbonyl (C=O) groups is 1. The predicted octanol–water partition coefficient (Wildman–Crippen LogP) is 4.21. The van der Waals surface area contributed by atoms with E-state index in [1.807, 2.05) is 17.5 Å². The lowest BCUT2D eigenvalue weighted by molar-refractivity contribution is 0.0514. The minimum Gasteiger partial charge on any atom is -0.486 e. The van der Waals surface area contributed by atoms with Gasteiger partial charge in [0.15, 0.2) is 11.5 Å². The van der Waals surface area contributed by atoms with Crippen LogP contribution in [0, 0.1) is 0 Å². The molecule has 0 bridgehead atoms. The molecule has 6 nitrogen and oxygen atoms in total. The third-order valence-corrected chi connectivity index (χ3v) is 4.01. The van der Waals surface area contributed by atoms with Crippen LogP contribution < -0.4 is 4.74 Å². The molecule has 2 heterocycles. The fraction of sp³-hybridized carbons (Fsp3) is 0.188. The predicted molar refractivity (Wildman–Crippen MR) is 89.4 cm³/mol. The third-order valence-electron chi connectivity index (χ3n) is 2.96. The van der Waals surface area contributed by atoms with E-state index >= 15 is 0 Å². The summed E-state index contributed by atoms with van der Waals surface area (Å²) >= 11 is 7.33. The van der Waals surface area contributed by atoms with Crippen molar-refractivity contribution in [2.24, 2.45) is 0 Å². The first kappa shape index (κ1) is 16.5. The lowest BCUT2D eigenvalue weighted by atomic mass is 10.3. The largest absolute Gasteiger partial charge is 0.486 e. The van der Waals surface area contributed by atoms with Crippen LogP contribution in [0.1, 0.15) is 22.4 Å². The summed E-state index contributed by atoms with van der Waals surface area (Å²) in [6.07, 6.45) is 0. The molecule has 0 aliphatic heterocycles. The first-order chi connectivity index (χ1) is 11.7. The normalized spacial score (nSPS) is 10.6. The van der Waals surface area contributed by atoms with Crippen LogP contribution in [-0.2, 0) is 11.3 Å². The molecule has 0 atom stereocenters. The van der Waals surface area contributed by atoms with Gasteiger partial charge in [0, 0.05) is 16.5 Å². The first-order valence-corrected chi connectivity index (χ1v) is 8.38. The molecule has 8 heteroatoms. The Bertz CT molecular complexity index is 846. The van der Waals surface area contributed by atoms with Crippen molar-refractivity contribution in [2.75, 3.05) is 6.61 Å². The maximum atomic E-state index is 11.6. The summed E-state index contributed by atoms with van der Waals surface area (Å²) in [4.78, 5) is 16.0. The Labute approximate surface area is 147 Å². The number of ether oxygens (including phenoxy) is 2. The highest BCUT2D eigenvalue weighted by Gasteiger charge is 2.16. The smallest absolute Gasteiger partial charge is 0.360 e. The van der Waals surface area contributed by atoms with E-state index in [0.717, 1.165) is 5.01 Å². The van der Waals surface area contributed by atoms with Crippen molar-refractivity contribution < 1.29 is 18.8 Å². The van der Waals surface area contributed by atoms with Crippen molar-refractivity contribution in [3.63, 3.8) is 0 Å². The third kappa shape index (κ3) is 3.93. The second-order valence-electron chi connectivity index (χ2n) is 4.67. The zero-order valence-electron chi connectivity index (χ0n) is 12.7. The average molecular weight is 365 g/mol. The molecule has 0 spiro atoms. The van der Waals surface area contributed by atoms with Crippen LogP contribution in [-0.4, -0.2) is 22.7 Å². The molecule has 0 saturated heterocycles. The van der Waals surface area contributed by atoms with Gasteiger partial charge in [0.25, 0.3) is 0 Å². The molecule has 0 unspecified atom stereocenters. The number of thiazole rings is 1. The molecule has 0 aliphatic rings. The molecule has 3 aromatic rings. The molecule has 124 valence electrons. The molecule has 2 aromatic heterocycles. The van der Waals surface area contributed by atoms with Gasteiger partial charge in [-0.2, -0.15) is 0 Å². The lowest BCUT2D eigenvalue weighted by Crippen LogP contribution is -2.04. The number of hydrogen-bond acceptors (Lipinski definition) is 7. The zero-order chi connectivity index (χ0) is 16.9. The number of rotatable bonds is 6. The van der Waals surface area contributed by atoms with Gasteiger partial charge in [-0.1, -0.05) is 22.8 Å². The highest BCUT2D eigenvalue weighted by atomic mass is 35.5. The summed E-state index contributed by atoms with van der Waals surface area (Å²) in [5, 5.41) is 6.88. The number of hydrogen-bond donors (Lipinski definition) is 0. The monoisotopic (exact) mass is 364 g/mol. The first-order valence-electron chi connectivity index (χ1n) is 7.12. The minimum absolute atomic E-state index is 0.122. The number of aromatic nitrogens is 2. The highest BCUT2D eigenvalue weighted by Crippen LogP contribution is 2.24. The van der Waals surface area contributed by atoms with Gasteiger partial charge in [0.2, 0.25) is 0 Å². The zero-order valence-corrected chi connectivity index (χ0v) is 14.3. The molecule has 0 saturated carbocycles. The van der Waals surface area contributed by atoms with Crippen molar-refractivity contribution in [1.29, 1.82) is 0 Å². The number of carbonyl (C=O) groups excluding carboxylic acids is 1. The van der Waals surface area contributed by atoms with Crippen molar-refractivity contribution >= 4 is 28.9 Å². The van der Waals surface area contributed by atoms with Crippen LogP contribution in [0.5, 0.6) is 5.75 Å². The molecule has 0 amide bonds. The fourth-order valence-electron chi connectivity index (χ4n) is 1.89. The molecule has 1 aromatic carbocycles. The van der Waals surface area contributed by atoms with Crippen LogP contribution >= 0.6 is 22.9 Å². The Balaban J connectivity index is 1.66. The van der Waals surface area contributed by atoms with Crippen LogP contribution in [0.4, 0.5) is 0 Å². The Kier molecular flexibility index (Phi) is 5.12. The van der Waals surface area contributed by atoms with Gasteiger partial charge < -0.3 is 14.0 Å². The quantitative estimate of drug-likeness (QED) is 0.610. The van der Waals surface area contributed by atoms with E-state index < -0.39 is 5.97 Å². The van der Waals surface area contributed by atoms with Crippen molar-refractivity contribution in [3.05, 3.63) is 51.4 Å². The maximum absolute atomic E-state index is 11.6. The molecular formula is C16H13ClN2O4S. The van der Waals surface area contributed by atoms with Crippen LogP contribution in [0.15, 0.2) is 40.2 Å².